The number of hydrogen-bond acceptors (Lipinski definition) is 5. The van der Waals surface area contributed by atoms with Gasteiger partial charge >= 0.3 is 6.03 Å². The molecule has 1 saturated heterocycles. The Kier molecular flexibility index (Phi) is 4.52. The SMILES string of the molecule is CN(C)C(=O)N1CCCCC1c1nnc2n1CCN(S(C)(=O)=O)C2. The topological polar surface area (TPSA) is 91.6 Å². The van der Waals surface area contributed by atoms with Crippen LogP contribution in [0.5, 0.6) is 0 Å². The van der Waals surface area contributed by atoms with E-state index in [0.29, 0.717) is 25.5 Å². The van der Waals surface area contributed by atoms with Gasteiger partial charge in [0.15, 0.2) is 5.82 Å². The maximum atomic E-state index is 12.5. The molecule has 0 radical (unpaired) electrons. The van der Waals surface area contributed by atoms with Crippen LogP contribution in [-0.4, -0.2) is 76.8 Å². The third kappa shape index (κ3) is 3.12. The predicted octanol–water partition coefficient (Wildman–Crippen LogP) is 0.262. The summed E-state index contributed by atoms with van der Waals surface area (Å²) < 4.78 is 26.8. The average Bonchev–Trinajstić information content (AvgIpc) is 2.96. The molecule has 1 fully saturated rings. The molecule has 0 spiro atoms. The van der Waals surface area contributed by atoms with Gasteiger partial charge in [0.05, 0.1) is 18.8 Å². The highest BCUT2D eigenvalue weighted by molar-refractivity contribution is 7.88. The van der Waals surface area contributed by atoms with Gasteiger partial charge in [-0.05, 0) is 19.3 Å². The second-order valence-electron chi connectivity index (χ2n) is 6.60. The number of hydrogen-bond donors (Lipinski definition) is 0. The predicted molar refractivity (Wildman–Crippen MR) is 87.7 cm³/mol. The number of fused-ring (bicyclic) bond motifs is 1. The van der Waals surface area contributed by atoms with Gasteiger partial charge in [0, 0.05) is 33.7 Å². The number of nitrogens with zero attached hydrogens (tertiary/aromatic N) is 6. The van der Waals surface area contributed by atoms with Gasteiger partial charge < -0.3 is 14.4 Å². The van der Waals surface area contributed by atoms with E-state index in [1.165, 1.54) is 10.6 Å². The lowest BCUT2D eigenvalue weighted by molar-refractivity contribution is 0.123. The Morgan fingerprint density at radius 1 is 1.17 bits per heavy atom. The van der Waals surface area contributed by atoms with Crippen LogP contribution in [0.15, 0.2) is 0 Å². The van der Waals surface area contributed by atoms with Crippen LogP contribution in [0.3, 0.4) is 0 Å². The molecule has 10 heteroatoms. The van der Waals surface area contributed by atoms with E-state index in [1.807, 2.05) is 9.47 Å². The van der Waals surface area contributed by atoms with Gasteiger partial charge in [0.1, 0.15) is 5.82 Å². The minimum atomic E-state index is -3.24. The van der Waals surface area contributed by atoms with Crippen molar-refractivity contribution < 1.29 is 13.2 Å². The average molecular weight is 356 g/mol. The number of sulfonamides is 1. The van der Waals surface area contributed by atoms with Crippen LogP contribution in [0.1, 0.15) is 37.0 Å². The Labute approximate surface area is 142 Å². The van der Waals surface area contributed by atoms with E-state index in [1.54, 1.807) is 19.0 Å². The first-order valence-electron chi connectivity index (χ1n) is 8.14. The van der Waals surface area contributed by atoms with Gasteiger partial charge in [-0.3, -0.25) is 0 Å². The van der Waals surface area contributed by atoms with Crippen molar-refractivity contribution in [1.82, 2.24) is 28.9 Å². The van der Waals surface area contributed by atoms with Gasteiger partial charge in [0.2, 0.25) is 10.0 Å². The Hall–Kier alpha value is -1.68. The molecule has 134 valence electrons. The number of aromatic nitrogens is 3. The van der Waals surface area contributed by atoms with Crippen molar-refractivity contribution in [3.8, 4) is 0 Å². The molecule has 0 aromatic carbocycles. The quantitative estimate of drug-likeness (QED) is 0.758. The summed E-state index contributed by atoms with van der Waals surface area (Å²) in [6.07, 6.45) is 4.09. The van der Waals surface area contributed by atoms with E-state index in [9.17, 15) is 13.2 Å². The maximum absolute atomic E-state index is 12.5. The fourth-order valence-electron chi connectivity index (χ4n) is 3.37. The van der Waals surface area contributed by atoms with Crippen LogP contribution in [0.2, 0.25) is 0 Å². The third-order valence-corrected chi connectivity index (χ3v) is 5.89. The minimum absolute atomic E-state index is 0.0226. The summed E-state index contributed by atoms with van der Waals surface area (Å²) in [4.78, 5) is 15.9. The van der Waals surface area contributed by atoms with Crippen molar-refractivity contribution in [2.24, 2.45) is 0 Å². The van der Waals surface area contributed by atoms with Crippen LogP contribution in [0.25, 0.3) is 0 Å². The second kappa shape index (κ2) is 6.32. The number of piperidine rings is 1. The summed E-state index contributed by atoms with van der Waals surface area (Å²) >= 11 is 0. The van der Waals surface area contributed by atoms with Crippen LogP contribution in [0, 0.1) is 0 Å². The smallest absolute Gasteiger partial charge is 0.320 e. The molecule has 1 aromatic rings. The molecule has 0 saturated carbocycles. The van der Waals surface area contributed by atoms with Crippen molar-refractivity contribution >= 4 is 16.1 Å². The number of carbonyl (C=O) groups is 1. The summed E-state index contributed by atoms with van der Waals surface area (Å²) in [6, 6.07) is -0.120. The van der Waals surface area contributed by atoms with Crippen molar-refractivity contribution in [2.45, 2.75) is 38.4 Å². The van der Waals surface area contributed by atoms with E-state index in [-0.39, 0.29) is 18.6 Å². The van der Waals surface area contributed by atoms with E-state index >= 15 is 0 Å². The molecule has 2 aliphatic heterocycles. The number of amides is 2. The van der Waals surface area contributed by atoms with Crippen molar-refractivity contribution in [3.63, 3.8) is 0 Å². The molecule has 9 nitrogen and oxygen atoms in total. The van der Waals surface area contributed by atoms with E-state index in [4.69, 9.17) is 0 Å². The minimum Gasteiger partial charge on any atom is -0.331 e. The molecule has 0 aliphatic carbocycles. The molecule has 3 heterocycles. The highest BCUT2D eigenvalue weighted by Gasteiger charge is 2.35. The van der Waals surface area contributed by atoms with Crippen molar-refractivity contribution in [1.29, 1.82) is 0 Å². The molecule has 24 heavy (non-hydrogen) atoms. The Balaban J connectivity index is 1.88. The Morgan fingerprint density at radius 2 is 1.92 bits per heavy atom. The lowest BCUT2D eigenvalue weighted by Crippen LogP contribution is -2.45. The molecule has 1 aromatic heterocycles. The molecule has 0 N–H and O–H groups in total. The highest BCUT2D eigenvalue weighted by atomic mass is 32.2. The van der Waals surface area contributed by atoms with Gasteiger partial charge in [-0.25, -0.2) is 13.2 Å². The van der Waals surface area contributed by atoms with Crippen LogP contribution >= 0.6 is 0 Å². The Bertz CT molecular complexity index is 729. The van der Waals surface area contributed by atoms with Gasteiger partial charge in [-0.1, -0.05) is 0 Å². The summed E-state index contributed by atoms with van der Waals surface area (Å²) in [5.74, 6) is 1.41. The third-order valence-electron chi connectivity index (χ3n) is 4.64. The standard InChI is InChI=1S/C14H24N6O3S/c1-17(2)14(21)19-7-5-4-6-11(19)13-16-15-12-10-18(24(3,22)23)8-9-20(12)13/h11H,4-10H2,1-3H3. The normalized spacial score (nSPS) is 22.3. The zero-order valence-electron chi connectivity index (χ0n) is 14.3. The van der Waals surface area contributed by atoms with Crippen LogP contribution in [0.4, 0.5) is 4.79 Å². The van der Waals surface area contributed by atoms with E-state index in [2.05, 4.69) is 10.2 Å². The molecule has 2 aliphatic rings. The number of likely N-dealkylation sites (tertiary alicyclic amines) is 1. The van der Waals surface area contributed by atoms with Crippen molar-refractivity contribution in [2.75, 3.05) is 33.4 Å². The van der Waals surface area contributed by atoms with Gasteiger partial charge in [-0.2, -0.15) is 4.31 Å². The molecule has 3 rings (SSSR count). The lowest BCUT2D eigenvalue weighted by Gasteiger charge is -2.37. The van der Waals surface area contributed by atoms with Gasteiger partial charge in [-0.15, -0.1) is 10.2 Å². The summed E-state index contributed by atoms with van der Waals surface area (Å²) in [5, 5.41) is 8.50. The molecule has 0 bridgehead atoms. The zero-order chi connectivity index (χ0) is 17.5. The lowest BCUT2D eigenvalue weighted by atomic mass is 10.0. The number of rotatable bonds is 2. The molecule has 1 unspecified atom stereocenters. The zero-order valence-corrected chi connectivity index (χ0v) is 15.2. The monoisotopic (exact) mass is 356 g/mol. The summed E-state index contributed by atoms with van der Waals surface area (Å²) in [6.45, 7) is 1.87. The van der Waals surface area contributed by atoms with E-state index < -0.39 is 10.0 Å². The molecule has 2 amide bonds. The fourth-order valence-corrected chi connectivity index (χ4v) is 4.14. The summed E-state index contributed by atoms with van der Waals surface area (Å²) in [7, 11) is 0.256. The molecule has 1 atom stereocenters. The van der Waals surface area contributed by atoms with E-state index in [0.717, 1.165) is 25.1 Å². The second-order valence-corrected chi connectivity index (χ2v) is 8.59. The largest absolute Gasteiger partial charge is 0.331 e. The highest BCUT2D eigenvalue weighted by Crippen LogP contribution is 2.31. The number of carbonyl (C=O) groups excluding carboxylic acids is 1. The molecular formula is C14H24N6O3S. The Morgan fingerprint density at radius 3 is 2.58 bits per heavy atom. The first-order valence-corrected chi connectivity index (χ1v) is 9.99. The summed E-state index contributed by atoms with van der Waals surface area (Å²) in [5.41, 5.74) is 0. The number of urea groups is 1. The first kappa shape index (κ1) is 17.2. The van der Waals surface area contributed by atoms with Crippen LogP contribution in [-0.2, 0) is 23.1 Å². The fraction of sp³-hybridized carbons (Fsp3) is 0.786. The molecular weight excluding hydrogens is 332 g/mol. The van der Waals surface area contributed by atoms with Crippen molar-refractivity contribution in [3.05, 3.63) is 11.6 Å². The van der Waals surface area contributed by atoms with Gasteiger partial charge in [0.25, 0.3) is 0 Å². The van der Waals surface area contributed by atoms with Crippen LogP contribution < -0.4 is 0 Å². The first-order chi connectivity index (χ1) is 11.3. The maximum Gasteiger partial charge on any atom is 0.320 e.